The predicted molar refractivity (Wildman–Crippen MR) is 59.0 cm³/mol. The van der Waals surface area contributed by atoms with E-state index >= 15 is 0 Å². The molecular weight excluding hydrogens is 212 g/mol. The molecule has 0 radical (unpaired) electrons. The van der Waals surface area contributed by atoms with Crippen LogP contribution in [0.1, 0.15) is 6.42 Å². The van der Waals surface area contributed by atoms with Crippen molar-refractivity contribution in [3.8, 4) is 12.3 Å². The largest absolute Gasteiger partial charge is 0.394 e. The Bertz CT molecular complexity index is 178. The molecule has 0 bridgehead atoms. The molecule has 1 atom stereocenters. The second-order valence-electron chi connectivity index (χ2n) is 3.09. The average molecular weight is 232 g/mol. The first-order valence-corrected chi connectivity index (χ1v) is 5.27. The van der Waals surface area contributed by atoms with Crippen LogP contribution in [-0.4, -0.2) is 62.6 Å². The van der Waals surface area contributed by atoms with E-state index in [9.17, 15) is 5.11 Å². The van der Waals surface area contributed by atoms with E-state index in [1.807, 2.05) is 0 Å². The van der Waals surface area contributed by atoms with Crippen molar-refractivity contribution in [2.75, 3.05) is 46.2 Å². The zero-order valence-electron chi connectivity index (χ0n) is 9.43. The number of terminal acetylenes is 1. The van der Waals surface area contributed by atoms with Crippen molar-refractivity contribution in [2.24, 2.45) is 0 Å². The van der Waals surface area contributed by atoms with Crippen LogP contribution in [0.2, 0.25) is 0 Å². The Morgan fingerprint density at radius 2 is 1.56 bits per heavy atom. The minimum atomic E-state index is -0.599. The van der Waals surface area contributed by atoms with E-state index in [0.29, 0.717) is 39.5 Å². The van der Waals surface area contributed by atoms with E-state index in [2.05, 4.69) is 5.92 Å². The van der Waals surface area contributed by atoms with Gasteiger partial charge in [0, 0.05) is 6.42 Å². The molecular formula is C11H20O5. The molecule has 0 amide bonds. The summed E-state index contributed by atoms with van der Waals surface area (Å²) in [6.45, 7) is 2.38. The topological polar surface area (TPSA) is 68.2 Å². The van der Waals surface area contributed by atoms with Crippen molar-refractivity contribution < 1.29 is 24.4 Å². The summed E-state index contributed by atoms with van der Waals surface area (Å²) in [5.41, 5.74) is 0. The third-order valence-corrected chi connectivity index (χ3v) is 1.64. The van der Waals surface area contributed by atoms with Gasteiger partial charge in [0.2, 0.25) is 0 Å². The van der Waals surface area contributed by atoms with Gasteiger partial charge in [0.1, 0.15) is 0 Å². The van der Waals surface area contributed by atoms with Gasteiger partial charge in [-0.05, 0) is 0 Å². The van der Waals surface area contributed by atoms with Crippen LogP contribution in [0.5, 0.6) is 0 Å². The van der Waals surface area contributed by atoms with Gasteiger partial charge in [-0.15, -0.1) is 12.3 Å². The molecule has 0 saturated heterocycles. The van der Waals surface area contributed by atoms with Crippen LogP contribution in [0.25, 0.3) is 0 Å². The van der Waals surface area contributed by atoms with E-state index in [1.54, 1.807) is 0 Å². The molecule has 1 unspecified atom stereocenters. The first-order valence-electron chi connectivity index (χ1n) is 5.27. The third kappa shape index (κ3) is 11.4. The zero-order chi connectivity index (χ0) is 12.1. The normalized spacial score (nSPS) is 12.3. The van der Waals surface area contributed by atoms with Crippen molar-refractivity contribution >= 4 is 0 Å². The fraction of sp³-hybridized carbons (Fsp3) is 0.818. The first-order chi connectivity index (χ1) is 7.81. The molecule has 0 aromatic rings. The highest BCUT2D eigenvalue weighted by molar-refractivity contribution is 4.86. The van der Waals surface area contributed by atoms with Crippen molar-refractivity contribution in [1.29, 1.82) is 0 Å². The highest BCUT2D eigenvalue weighted by Crippen LogP contribution is 1.90. The lowest BCUT2D eigenvalue weighted by molar-refractivity contribution is -0.0115. The van der Waals surface area contributed by atoms with Gasteiger partial charge in [-0.2, -0.15) is 0 Å². The lowest BCUT2D eigenvalue weighted by atomic mass is 10.3. The Balaban J connectivity index is 3.01. The van der Waals surface area contributed by atoms with Gasteiger partial charge in [0.15, 0.2) is 0 Å². The summed E-state index contributed by atoms with van der Waals surface area (Å²) >= 11 is 0. The number of hydrogen-bond acceptors (Lipinski definition) is 5. The van der Waals surface area contributed by atoms with E-state index in [-0.39, 0.29) is 13.2 Å². The highest BCUT2D eigenvalue weighted by Gasteiger charge is 2.00. The standard InChI is InChI=1S/C11H20O5/c1-2-3-11(13)10-16-9-8-15-7-6-14-5-4-12/h1,11-13H,3-10H2. The zero-order valence-corrected chi connectivity index (χ0v) is 9.43. The van der Waals surface area contributed by atoms with Crippen LogP contribution in [0, 0.1) is 12.3 Å². The van der Waals surface area contributed by atoms with Crippen molar-refractivity contribution in [3.63, 3.8) is 0 Å². The van der Waals surface area contributed by atoms with E-state index < -0.39 is 6.10 Å². The molecule has 0 aliphatic rings. The Hall–Kier alpha value is -0.640. The average Bonchev–Trinajstić information content (AvgIpc) is 2.27. The monoisotopic (exact) mass is 232 g/mol. The fourth-order valence-electron chi connectivity index (χ4n) is 0.919. The van der Waals surface area contributed by atoms with Gasteiger partial charge in [0.25, 0.3) is 0 Å². The Kier molecular flexibility index (Phi) is 11.9. The molecule has 5 heteroatoms. The fourth-order valence-corrected chi connectivity index (χ4v) is 0.919. The maximum absolute atomic E-state index is 9.20. The maximum Gasteiger partial charge on any atom is 0.0882 e. The van der Waals surface area contributed by atoms with E-state index in [1.165, 1.54) is 0 Å². The molecule has 0 aromatic carbocycles. The summed E-state index contributed by atoms with van der Waals surface area (Å²) in [5.74, 6) is 2.35. The van der Waals surface area contributed by atoms with Crippen LogP contribution in [0.3, 0.4) is 0 Å². The van der Waals surface area contributed by atoms with Crippen LogP contribution in [0.15, 0.2) is 0 Å². The molecule has 0 rings (SSSR count). The number of aliphatic hydroxyl groups excluding tert-OH is 2. The second kappa shape index (κ2) is 12.4. The molecule has 0 aliphatic carbocycles. The smallest absolute Gasteiger partial charge is 0.0882 e. The summed E-state index contributed by atoms with van der Waals surface area (Å²) in [6, 6.07) is 0. The third-order valence-electron chi connectivity index (χ3n) is 1.64. The highest BCUT2D eigenvalue weighted by atomic mass is 16.5. The molecule has 5 nitrogen and oxygen atoms in total. The summed E-state index contributed by atoms with van der Waals surface area (Å²) in [4.78, 5) is 0. The molecule has 2 N–H and O–H groups in total. The molecule has 0 aliphatic heterocycles. The van der Waals surface area contributed by atoms with Gasteiger partial charge >= 0.3 is 0 Å². The molecule has 0 aromatic heterocycles. The number of aliphatic hydroxyl groups is 2. The summed E-state index contributed by atoms with van der Waals surface area (Å²) in [6.07, 6.45) is 4.72. The van der Waals surface area contributed by atoms with Gasteiger partial charge in [-0.1, -0.05) is 0 Å². The van der Waals surface area contributed by atoms with E-state index in [4.69, 9.17) is 25.7 Å². The minimum Gasteiger partial charge on any atom is -0.394 e. The molecule has 94 valence electrons. The maximum atomic E-state index is 9.20. The number of rotatable bonds is 11. The Labute approximate surface area is 96.3 Å². The molecule has 16 heavy (non-hydrogen) atoms. The Morgan fingerprint density at radius 3 is 2.12 bits per heavy atom. The van der Waals surface area contributed by atoms with E-state index in [0.717, 1.165) is 0 Å². The summed E-state index contributed by atoms with van der Waals surface area (Å²) in [5, 5.41) is 17.6. The van der Waals surface area contributed by atoms with Crippen molar-refractivity contribution in [2.45, 2.75) is 12.5 Å². The van der Waals surface area contributed by atoms with Crippen LogP contribution < -0.4 is 0 Å². The lowest BCUT2D eigenvalue weighted by Crippen LogP contribution is -2.17. The van der Waals surface area contributed by atoms with Gasteiger partial charge in [0.05, 0.1) is 52.4 Å². The summed E-state index contributed by atoms with van der Waals surface area (Å²) < 4.78 is 15.3. The van der Waals surface area contributed by atoms with Crippen LogP contribution in [0.4, 0.5) is 0 Å². The van der Waals surface area contributed by atoms with Gasteiger partial charge in [-0.25, -0.2) is 0 Å². The second-order valence-corrected chi connectivity index (χ2v) is 3.09. The lowest BCUT2D eigenvalue weighted by Gasteiger charge is -2.08. The quantitative estimate of drug-likeness (QED) is 0.368. The SMILES string of the molecule is C#CCC(O)COCCOCCOCCO. The molecule has 0 spiro atoms. The predicted octanol–water partition coefficient (Wildman–Crippen LogP) is -0.587. The Morgan fingerprint density at radius 1 is 1.00 bits per heavy atom. The van der Waals surface area contributed by atoms with Crippen LogP contribution >= 0.6 is 0 Å². The van der Waals surface area contributed by atoms with Crippen molar-refractivity contribution in [1.82, 2.24) is 0 Å². The number of ether oxygens (including phenoxy) is 3. The molecule has 0 saturated carbocycles. The van der Waals surface area contributed by atoms with Crippen LogP contribution in [-0.2, 0) is 14.2 Å². The van der Waals surface area contributed by atoms with Gasteiger partial charge in [-0.3, -0.25) is 0 Å². The molecule has 0 fully saturated rings. The molecule has 0 heterocycles. The number of hydrogen-bond donors (Lipinski definition) is 2. The first kappa shape index (κ1) is 15.4. The van der Waals surface area contributed by atoms with Crippen molar-refractivity contribution in [3.05, 3.63) is 0 Å². The minimum absolute atomic E-state index is 0.0240. The van der Waals surface area contributed by atoms with Gasteiger partial charge < -0.3 is 24.4 Å². The summed E-state index contributed by atoms with van der Waals surface area (Å²) in [7, 11) is 0.